The number of aromatic nitrogens is 1. The fourth-order valence-electron chi connectivity index (χ4n) is 4.48. The van der Waals surface area contributed by atoms with E-state index in [1.165, 1.54) is 46.4 Å². The van der Waals surface area contributed by atoms with E-state index in [-0.39, 0.29) is 11.8 Å². The van der Waals surface area contributed by atoms with Crippen LogP contribution < -0.4 is 5.32 Å². The molecule has 0 bridgehead atoms. The molecule has 1 amide bonds. The summed E-state index contributed by atoms with van der Waals surface area (Å²) in [7, 11) is 0. The van der Waals surface area contributed by atoms with E-state index < -0.39 is 5.41 Å². The number of benzene rings is 2. The molecular formula is C23H22N2OS. The Labute approximate surface area is 163 Å². The Morgan fingerprint density at radius 1 is 1.15 bits per heavy atom. The Kier molecular flexibility index (Phi) is 3.90. The summed E-state index contributed by atoms with van der Waals surface area (Å²) in [4.78, 5) is 17.6. The van der Waals surface area contributed by atoms with Gasteiger partial charge in [0.2, 0.25) is 5.91 Å². The van der Waals surface area contributed by atoms with Crippen molar-refractivity contribution in [2.75, 3.05) is 5.32 Å². The molecule has 136 valence electrons. The molecule has 4 heteroatoms. The average Bonchev–Trinajstić information content (AvgIpc) is 3.32. The zero-order valence-electron chi connectivity index (χ0n) is 15.3. The highest BCUT2D eigenvalue weighted by molar-refractivity contribution is 7.13. The molecule has 1 N–H and O–H groups in total. The summed E-state index contributed by atoms with van der Waals surface area (Å²) in [5.74, 6) is 0.825. The second-order valence-electron chi connectivity index (χ2n) is 7.96. The van der Waals surface area contributed by atoms with Crippen LogP contribution in [-0.4, -0.2) is 10.9 Å². The van der Waals surface area contributed by atoms with E-state index in [1.54, 1.807) is 6.20 Å². The van der Waals surface area contributed by atoms with Gasteiger partial charge in [-0.15, -0.1) is 11.3 Å². The van der Waals surface area contributed by atoms with Crippen molar-refractivity contribution in [3.8, 4) is 0 Å². The number of hydrogen-bond donors (Lipinski definition) is 1. The molecule has 0 radical (unpaired) electrons. The van der Waals surface area contributed by atoms with Gasteiger partial charge in [-0.25, -0.2) is 4.98 Å². The number of carbonyl (C=O) groups excluding carboxylic acids is 1. The number of thiazole rings is 1. The van der Waals surface area contributed by atoms with Crippen LogP contribution in [0.5, 0.6) is 0 Å². The van der Waals surface area contributed by atoms with Gasteiger partial charge in [-0.3, -0.25) is 4.79 Å². The summed E-state index contributed by atoms with van der Waals surface area (Å²) >= 11 is 1.46. The molecule has 1 saturated carbocycles. The van der Waals surface area contributed by atoms with Gasteiger partial charge in [-0.1, -0.05) is 48.5 Å². The van der Waals surface area contributed by atoms with Crippen LogP contribution in [0.3, 0.4) is 0 Å². The number of rotatable bonds is 4. The maximum atomic E-state index is 13.4. The Morgan fingerprint density at radius 3 is 2.67 bits per heavy atom. The van der Waals surface area contributed by atoms with Crippen LogP contribution >= 0.6 is 11.3 Å². The topological polar surface area (TPSA) is 42.0 Å². The molecule has 2 unspecified atom stereocenters. The van der Waals surface area contributed by atoms with E-state index in [9.17, 15) is 4.79 Å². The van der Waals surface area contributed by atoms with Gasteiger partial charge in [0.25, 0.3) is 0 Å². The molecule has 3 nitrogen and oxygen atoms in total. The van der Waals surface area contributed by atoms with E-state index >= 15 is 0 Å². The van der Waals surface area contributed by atoms with Crippen molar-refractivity contribution in [3.63, 3.8) is 0 Å². The summed E-state index contributed by atoms with van der Waals surface area (Å²) in [5, 5.41) is 5.61. The minimum Gasteiger partial charge on any atom is -0.301 e. The molecule has 1 fully saturated rings. The van der Waals surface area contributed by atoms with E-state index in [0.717, 1.165) is 6.42 Å². The van der Waals surface area contributed by atoms with Crippen molar-refractivity contribution in [2.24, 2.45) is 5.41 Å². The lowest BCUT2D eigenvalue weighted by Crippen LogP contribution is -2.37. The fourth-order valence-corrected chi connectivity index (χ4v) is 5.01. The van der Waals surface area contributed by atoms with Crippen LogP contribution in [-0.2, 0) is 11.2 Å². The lowest BCUT2D eigenvalue weighted by Gasteiger charge is -2.31. The maximum Gasteiger partial charge on any atom is 0.233 e. The number of nitrogens with zero attached hydrogens (tertiary/aromatic N) is 1. The summed E-state index contributed by atoms with van der Waals surface area (Å²) in [6, 6.07) is 17.4. The third kappa shape index (κ3) is 2.88. The molecule has 2 aromatic carbocycles. The van der Waals surface area contributed by atoms with Gasteiger partial charge in [-0.05, 0) is 54.4 Å². The van der Waals surface area contributed by atoms with Crippen LogP contribution in [0, 0.1) is 5.41 Å². The highest BCUT2D eigenvalue weighted by Crippen LogP contribution is 2.53. The van der Waals surface area contributed by atoms with Crippen LogP contribution in [0.15, 0.2) is 60.1 Å². The number of anilines is 1. The first-order valence-electron chi connectivity index (χ1n) is 9.54. The van der Waals surface area contributed by atoms with Gasteiger partial charge in [0, 0.05) is 17.5 Å². The van der Waals surface area contributed by atoms with E-state index in [0.29, 0.717) is 11.0 Å². The second kappa shape index (κ2) is 6.31. The molecule has 2 aliphatic rings. The minimum absolute atomic E-state index is 0.0514. The van der Waals surface area contributed by atoms with Crippen LogP contribution in [0.2, 0.25) is 0 Å². The van der Waals surface area contributed by atoms with E-state index in [2.05, 4.69) is 59.7 Å². The Balaban J connectivity index is 1.58. The average molecular weight is 375 g/mol. The molecule has 0 saturated heterocycles. The van der Waals surface area contributed by atoms with Crippen molar-refractivity contribution < 1.29 is 4.79 Å². The first-order chi connectivity index (χ1) is 13.1. The lowest BCUT2D eigenvalue weighted by atomic mass is 9.73. The molecule has 2 atom stereocenters. The van der Waals surface area contributed by atoms with Gasteiger partial charge in [0.1, 0.15) is 0 Å². The largest absolute Gasteiger partial charge is 0.301 e. The molecule has 1 heterocycles. The molecule has 27 heavy (non-hydrogen) atoms. The smallest absolute Gasteiger partial charge is 0.233 e. The van der Waals surface area contributed by atoms with Crippen molar-refractivity contribution in [1.29, 1.82) is 0 Å². The van der Waals surface area contributed by atoms with Gasteiger partial charge in [0.15, 0.2) is 5.13 Å². The third-order valence-electron chi connectivity index (χ3n) is 6.03. The maximum absolute atomic E-state index is 13.4. The molecule has 0 aliphatic heterocycles. The number of carbonyl (C=O) groups is 1. The van der Waals surface area contributed by atoms with Gasteiger partial charge < -0.3 is 5.32 Å². The van der Waals surface area contributed by atoms with Crippen molar-refractivity contribution >= 4 is 22.4 Å². The van der Waals surface area contributed by atoms with Gasteiger partial charge in [0.05, 0.1) is 5.41 Å². The number of nitrogens with one attached hydrogen (secondary N) is 1. The van der Waals surface area contributed by atoms with E-state index in [4.69, 9.17) is 0 Å². The third-order valence-corrected chi connectivity index (χ3v) is 6.72. The fraction of sp³-hybridized carbons (Fsp3) is 0.304. The minimum atomic E-state index is -0.530. The standard InChI is InChI=1S/C23H22N2OS/c1-23(21(26)25-22-24-11-12-27-22)14-18-10-9-17(15-7-8-15)13-19(18)20(23)16-5-3-2-4-6-16/h2-6,9-13,15,20H,7-8,14H2,1H3,(H,24,25,26). The van der Waals surface area contributed by atoms with Crippen LogP contribution in [0.25, 0.3) is 0 Å². The van der Waals surface area contributed by atoms with Gasteiger partial charge >= 0.3 is 0 Å². The SMILES string of the molecule is CC1(C(=O)Nc2nccs2)Cc2ccc(C3CC3)cc2C1c1ccccc1. The second-order valence-corrected chi connectivity index (χ2v) is 8.86. The quantitative estimate of drug-likeness (QED) is 0.668. The normalized spacial score (nSPS) is 23.8. The molecular weight excluding hydrogens is 352 g/mol. The molecule has 5 rings (SSSR count). The number of amides is 1. The van der Waals surface area contributed by atoms with Gasteiger partial charge in [-0.2, -0.15) is 0 Å². The molecule has 3 aromatic rings. The van der Waals surface area contributed by atoms with Crippen LogP contribution in [0.1, 0.15) is 53.9 Å². The summed E-state index contributed by atoms with van der Waals surface area (Å²) < 4.78 is 0. The zero-order valence-corrected chi connectivity index (χ0v) is 16.1. The molecule has 1 aromatic heterocycles. The lowest BCUT2D eigenvalue weighted by molar-refractivity contribution is -0.125. The summed E-state index contributed by atoms with van der Waals surface area (Å²) in [6.07, 6.45) is 5.06. The first kappa shape index (κ1) is 16.7. The highest BCUT2D eigenvalue weighted by Gasteiger charge is 2.49. The predicted molar refractivity (Wildman–Crippen MR) is 109 cm³/mol. The number of fused-ring (bicyclic) bond motifs is 1. The van der Waals surface area contributed by atoms with Crippen molar-refractivity contribution in [1.82, 2.24) is 4.98 Å². The van der Waals surface area contributed by atoms with E-state index in [1.807, 2.05) is 11.4 Å². The van der Waals surface area contributed by atoms with Crippen molar-refractivity contribution in [3.05, 3.63) is 82.4 Å². The Hall–Kier alpha value is -2.46. The summed E-state index contributed by atoms with van der Waals surface area (Å²) in [5.41, 5.74) is 4.73. The molecule has 2 aliphatic carbocycles. The summed E-state index contributed by atoms with van der Waals surface area (Å²) in [6.45, 7) is 2.10. The Morgan fingerprint density at radius 2 is 1.96 bits per heavy atom. The molecule has 0 spiro atoms. The zero-order chi connectivity index (χ0) is 18.4. The monoisotopic (exact) mass is 374 g/mol. The predicted octanol–water partition coefficient (Wildman–Crippen LogP) is 5.35. The number of hydrogen-bond acceptors (Lipinski definition) is 3. The van der Waals surface area contributed by atoms with Crippen molar-refractivity contribution in [2.45, 2.75) is 38.0 Å². The highest BCUT2D eigenvalue weighted by atomic mass is 32.1. The van der Waals surface area contributed by atoms with Crippen LogP contribution in [0.4, 0.5) is 5.13 Å². The first-order valence-corrected chi connectivity index (χ1v) is 10.4. The Bertz CT molecular complexity index is 979.